The monoisotopic (exact) mass is 488 g/mol. The van der Waals surface area contributed by atoms with Crippen LogP contribution < -0.4 is 5.56 Å². The van der Waals surface area contributed by atoms with Crippen LogP contribution in [0.1, 0.15) is 23.9 Å². The van der Waals surface area contributed by atoms with Crippen molar-refractivity contribution in [2.45, 2.75) is 12.3 Å². The maximum absolute atomic E-state index is 12.8. The summed E-state index contributed by atoms with van der Waals surface area (Å²) in [5.74, 6) is 0.795. The molecule has 7 heteroatoms. The summed E-state index contributed by atoms with van der Waals surface area (Å²) in [4.78, 5) is 12.8. The summed E-state index contributed by atoms with van der Waals surface area (Å²) in [6.07, 6.45) is 1.70. The fraction of sp³-hybridized carbons (Fsp3) is 0.148. The molecule has 5 nitrogen and oxygen atoms in total. The van der Waals surface area contributed by atoms with E-state index in [0.29, 0.717) is 10.0 Å². The third-order valence-corrected chi connectivity index (χ3v) is 7.03. The zero-order valence-electron chi connectivity index (χ0n) is 19.0. The van der Waals surface area contributed by atoms with E-state index < -0.39 is 5.41 Å². The van der Waals surface area contributed by atoms with Gasteiger partial charge in [-0.2, -0.15) is 0 Å². The van der Waals surface area contributed by atoms with E-state index in [9.17, 15) is 4.79 Å². The van der Waals surface area contributed by atoms with E-state index in [1.54, 1.807) is 24.0 Å². The highest BCUT2D eigenvalue weighted by Crippen LogP contribution is 2.40. The molecule has 2 heterocycles. The largest absolute Gasteiger partial charge is 0.320 e. The summed E-state index contributed by atoms with van der Waals surface area (Å²) in [7, 11) is 3.72. The molecule has 0 aliphatic carbocycles. The predicted octanol–water partition coefficient (Wildman–Crippen LogP) is 6.00. The van der Waals surface area contributed by atoms with Crippen molar-refractivity contribution < 1.29 is 0 Å². The molecule has 3 aromatic carbocycles. The van der Waals surface area contributed by atoms with Gasteiger partial charge in [0.2, 0.25) is 0 Å². The van der Waals surface area contributed by atoms with Crippen LogP contribution in [0.5, 0.6) is 0 Å². The van der Waals surface area contributed by atoms with Crippen LogP contribution in [0.15, 0.2) is 83.9 Å². The Balaban J connectivity index is 1.84. The molecule has 0 aliphatic heterocycles. The molecule has 170 valence electrons. The lowest BCUT2D eigenvalue weighted by atomic mass is 9.74. The molecule has 5 aromatic rings. The third-order valence-electron chi connectivity index (χ3n) is 6.54. The molecule has 0 amide bonds. The van der Waals surface area contributed by atoms with Gasteiger partial charge in [0.05, 0.1) is 10.9 Å². The third kappa shape index (κ3) is 3.61. The number of fused-ring (bicyclic) bond motifs is 1. The van der Waals surface area contributed by atoms with E-state index in [1.807, 2.05) is 72.3 Å². The number of aryl methyl sites for hydroxylation is 2. The van der Waals surface area contributed by atoms with Gasteiger partial charge in [-0.25, -0.2) is 0 Å². The number of hydrogen-bond acceptors (Lipinski definition) is 3. The Morgan fingerprint density at radius 3 is 2.26 bits per heavy atom. The first-order valence-electron chi connectivity index (χ1n) is 10.8. The highest BCUT2D eigenvalue weighted by Gasteiger charge is 2.36. The molecular weight excluding hydrogens is 467 g/mol. The second-order valence-corrected chi connectivity index (χ2v) is 9.47. The van der Waals surface area contributed by atoms with Crippen LogP contribution in [0.4, 0.5) is 0 Å². The molecule has 0 spiro atoms. The molecule has 5 rings (SSSR count). The van der Waals surface area contributed by atoms with Gasteiger partial charge in [0.1, 0.15) is 12.2 Å². The summed E-state index contributed by atoms with van der Waals surface area (Å²) in [6.45, 7) is 2.13. The fourth-order valence-corrected chi connectivity index (χ4v) is 4.93. The molecule has 0 radical (unpaired) electrons. The van der Waals surface area contributed by atoms with Gasteiger partial charge in [0.15, 0.2) is 0 Å². The second kappa shape index (κ2) is 8.42. The van der Waals surface area contributed by atoms with Crippen molar-refractivity contribution in [3.8, 4) is 11.1 Å². The summed E-state index contributed by atoms with van der Waals surface area (Å²) in [6, 6.07) is 23.2. The maximum Gasteiger partial charge on any atom is 0.251 e. The van der Waals surface area contributed by atoms with Crippen LogP contribution in [0.2, 0.25) is 10.0 Å². The molecule has 0 aliphatic rings. The highest BCUT2D eigenvalue weighted by atomic mass is 35.5. The van der Waals surface area contributed by atoms with Crippen molar-refractivity contribution >= 4 is 34.1 Å². The molecule has 1 unspecified atom stereocenters. The quantitative estimate of drug-likeness (QED) is 0.312. The average molecular weight is 489 g/mol. The summed E-state index contributed by atoms with van der Waals surface area (Å²) >= 11 is 12.5. The van der Waals surface area contributed by atoms with E-state index in [-0.39, 0.29) is 5.56 Å². The van der Waals surface area contributed by atoms with Crippen molar-refractivity contribution in [3.05, 3.63) is 116 Å². The van der Waals surface area contributed by atoms with Crippen molar-refractivity contribution in [2.75, 3.05) is 0 Å². The second-order valence-electron chi connectivity index (χ2n) is 8.59. The fourth-order valence-electron chi connectivity index (χ4n) is 4.61. The van der Waals surface area contributed by atoms with Gasteiger partial charge < -0.3 is 9.13 Å². The highest BCUT2D eigenvalue weighted by molar-refractivity contribution is 6.31. The van der Waals surface area contributed by atoms with Gasteiger partial charge in [-0.3, -0.25) is 4.79 Å². The molecule has 0 saturated heterocycles. The maximum atomic E-state index is 12.8. The Labute approximate surface area is 207 Å². The molecule has 0 fully saturated rings. The number of aromatic nitrogens is 4. The van der Waals surface area contributed by atoms with Crippen LogP contribution in [-0.4, -0.2) is 19.3 Å². The number of halogens is 2. The molecule has 2 aromatic heterocycles. The molecule has 0 N–H and O–H groups in total. The van der Waals surface area contributed by atoms with E-state index in [0.717, 1.165) is 39.0 Å². The van der Waals surface area contributed by atoms with Gasteiger partial charge in [-0.1, -0.05) is 53.5 Å². The lowest BCUT2D eigenvalue weighted by Crippen LogP contribution is -2.29. The molecule has 0 bridgehead atoms. The van der Waals surface area contributed by atoms with E-state index in [1.165, 1.54) is 0 Å². The minimum Gasteiger partial charge on any atom is -0.320 e. The number of benzene rings is 3. The Morgan fingerprint density at radius 2 is 1.59 bits per heavy atom. The Bertz CT molecular complexity index is 1590. The van der Waals surface area contributed by atoms with E-state index >= 15 is 0 Å². The first-order chi connectivity index (χ1) is 16.3. The molecular formula is C27H22Cl2N4O. The van der Waals surface area contributed by atoms with Crippen molar-refractivity contribution in [3.63, 3.8) is 0 Å². The minimum atomic E-state index is -0.621. The van der Waals surface area contributed by atoms with Crippen LogP contribution in [-0.2, 0) is 19.5 Å². The standard InChI is InChI=1S/C27H22Cl2N4O/c1-27(26-31-30-16-32(26)2,18-7-10-20(28)11-8-18)19-9-12-24-23(14-19)22(15-25(34)33(24)3)17-5-4-6-21(29)13-17/h4-16H,1-3H3. The van der Waals surface area contributed by atoms with Gasteiger partial charge in [-0.15, -0.1) is 10.2 Å². The van der Waals surface area contributed by atoms with E-state index in [4.69, 9.17) is 23.2 Å². The van der Waals surface area contributed by atoms with Crippen LogP contribution in [0.3, 0.4) is 0 Å². The first kappa shape index (κ1) is 22.4. The Hall–Kier alpha value is -3.41. The smallest absolute Gasteiger partial charge is 0.251 e. The SMILES string of the molecule is Cn1cnnc1C(C)(c1ccc(Cl)cc1)c1ccc2c(c1)c(-c1cccc(Cl)c1)cc(=O)n2C. The zero-order chi connectivity index (χ0) is 24.0. The van der Waals surface area contributed by atoms with Crippen LogP contribution >= 0.6 is 23.2 Å². The summed E-state index contributed by atoms with van der Waals surface area (Å²) in [5, 5.41) is 10.9. The average Bonchev–Trinajstić information content (AvgIpc) is 3.27. The summed E-state index contributed by atoms with van der Waals surface area (Å²) in [5.41, 5.74) is 3.90. The van der Waals surface area contributed by atoms with Crippen molar-refractivity contribution in [2.24, 2.45) is 14.1 Å². The van der Waals surface area contributed by atoms with E-state index in [2.05, 4.69) is 23.2 Å². The van der Waals surface area contributed by atoms with Gasteiger partial charge in [-0.05, 0) is 65.6 Å². The minimum absolute atomic E-state index is 0.0796. The Morgan fingerprint density at radius 1 is 0.853 bits per heavy atom. The van der Waals surface area contributed by atoms with Crippen molar-refractivity contribution in [1.29, 1.82) is 0 Å². The first-order valence-corrected chi connectivity index (χ1v) is 11.6. The summed E-state index contributed by atoms with van der Waals surface area (Å²) < 4.78 is 3.59. The predicted molar refractivity (Wildman–Crippen MR) is 138 cm³/mol. The molecule has 1 atom stereocenters. The van der Waals surface area contributed by atoms with Crippen LogP contribution in [0.25, 0.3) is 22.0 Å². The molecule has 34 heavy (non-hydrogen) atoms. The molecule has 0 saturated carbocycles. The number of hydrogen-bond donors (Lipinski definition) is 0. The topological polar surface area (TPSA) is 52.7 Å². The van der Waals surface area contributed by atoms with Crippen LogP contribution in [0, 0.1) is 0 Å². The van der Waals surface area contributed by atoms with Gasteiger partial charge in [0.25, 0.3) is 5.56 Å². The Kier molecular flexibility index (Phi) is 5.54. The zero-order valence-corrected chi connectivity index (χ0v) is 20.5. The lowest BCUT2D eigenvalue weighted by molar-refractivity contribution is 0.599. The lowest BCUT2D eigenvalue weighted by Gasteiger charge is -2.30. The van der Waals surface area contributed by atoms with Gasteiger partial charge in [0, 0.05) is 35.6 Å². The normalized spacial score (nSPS) is 13.2. The number of nitrogens with zero attached hydrogens (tertiary/aromatic N) is 4. The number of rotatable bonds is 4. The van der Waals surface area contributed by atoms with Crippen molar-refractivity contribution in [1.82, 2.24) is 19.3 Å². The van der Waals surface area contributed by atoms with Gasteiger partial charge >= 0.3 is 0 Å². The number of pyridine rings is 1.